The number of carbonyl (C=O) groups is 2. The first-order valence-electron chi connectivity index (χ1n) is 10.8. The van der Waals surface area contributed by atoms with Crippen molar-refractivity contribution in [2.75, 3.05) is 25.0 Å². The summed E-state index contributed by atoms with van der Waals surface area (Å²) in [7, 11) is 0. The third-order valence-corrected chi connectivity index (χ3v) is 4.90. The van der Waals surface area contributed by atoms with Crippen molar-refractivity contribution < 1.29 is 19.1 Å². The van der Waals surface area contributed by atoms with Gasteiger partial charge in [-0.25, -0.2) is 0 Å². The minimum Gasteiger partial charge on any atom is -0.491 e. The third kappa shape index (κ3) is 7.61. The summed E-state index contributed by atoms with van der Waals surface area (Å²) in [4.78, 5) is 24.3. The van der Waals surface area contributed by atoms with E-state index in [0.29, 0.717) is 18.7 Å². The quantitative estimate of drug-likeness (QED) is 0.544. The SMILES string of the molecule is CC(C)Oc1ccc(CNC(=O)CNc2ccc(C(=O)NCC3CCCO3)cc2)cc1. The number of hydrogen-bond acceptors (Lipinski definition) is 5. The van der Waals surface area contributed by atoms with E-state index in [1.54, 1.807) is 24.3 Å². The predicted octanol–water partition coefficient (Wildman–Crippen LogP) is 3.11. The fraction of sp³-hybridized carbons (Fsp3) is 0.417. The summed E-state index contributed by atoms with van der Waals surface area (Å²) in [5, 5.41) is 8.85. The molecule has 0 spiro atoms. The van der Waals surface area contributed by atoms with Crippen molar-refractivity contribution >= 4 is 17.5 Å². The highest BCUT2D eigenvalue weighted by molar-refractivity contribution is 5.94. The maximum Gasteiger partial charge on any atom is 0.251 e. The van der Waals surface area contributed by atoms with Crippen molar-refractivity contribution in [2.24, 2.45) is 0 Å². The van der Waals surface area contributed by atoms with E-state index in [1.165, 1.54) is 0 Å². The van der Waals surface area contributed by atoms with E-state index in [9.17, 15) is 9.59 Å². The molecule has 3 rings (SSSR count). The van der Waals surface area contributed by atoms with Gasteiger partial charge < -0.3 is 25.4 Å². The second kappa shape index (κ2) is 11.4. The number of benzene rings is 2. The molecule has 7 nitrogen and oxygen atoms in total. The van der Waals surface area contributed by atoms with Crippen molar-refractivity contribution in [2.45, 2.75) is 45.4 Å². The summed E-state index contributed by atoms with van der Waals surface area (Å²) < 4.78 is 11.1. The van der Waals surface area contributed by atoms with Gasteiger partial charge in [0.15, 0.2) is 0 Å². The van der Waals surface area contributed by atoms with Gasteiger partial charge in [-0.2, -0.15) is 0 Å². The summed E-state index contributed by atoms with van der Waals surface area (Å²) in [6.45, 7) is 5.87. The zero-order valence-corrected chi connectivity index (χ0v) is 18.1. The van der Waals surface area contributed by atoms with Crippen LogP contribution in [0.4, 0.5) is 5.69 Å². The van der Waals surface area contributed by atoms with Gasteiger partial charge in [0.05, 0.1) is 18.8 Å². The molecule has 0 aromatic heterocycles. The van der Waals surface area contributed by atoms with Crippen LogP contribution in [0, 0.1) is 0 Å². The Balaban J connectivity index is 1.37. The molecule has 1 unspecified atom stereocenters. The molecule has 1 saturated heterocycles. The molecule has 1 heterocycles. The van der Waals surface area contributed by atoms with Gasteiger partial charge in [0.2, 0.25) is 5.91 Å². The molecule has 2 amide bonds. The third-order valence-electron chi connectivity index (χ3n) is 4.90. The summed E-state index contributed by atoms with van der Waals surface area (Å²) >= 11 is 0. The number of hydrogen-bond donors (Lipinski definition) is 3. The average molecular weight is 426 g/mol. The first-order chi connectivity index (χ1) is 15.0. The van der Waals surface area contributed by atoms with Crippen molar-refractivity contribution in [1.82, 2.24) is 10.6 Å². The van der Waals surface area contributed by atoms with E-state index in [4.69, 9.17) is 9.47 Å². The smallest absolute Gasteiger partial charge is 0.251 e. The van der Waals surface area contributed by atoms with Crippen LogP contribution in [0.3, 0.4) is 0 Å². The minimum atomic E-state index is -0.121. The molecule has 7 heteroatoms. The van der Waals surface area contributed by atoms with Crippen molar-refractivity contribution in [1.29, 1.82) is 0 Å². The molecule has 0 aliphatic carbocycles. The van der Waals surface area contributed by atoms with Crippen LogP contribution >= 0.6 is 0 Å². The first kappa shape index (κ1) is 22.6. The lowest BCUT2D eigenvalue weighted by Gasteiger charge is -2.12. The Morgan fingerprint density at radius 1 is 1.06 bits per heavy atom. The topological polar surface area (TPSA) is 88.7 Å². The summed E-state index contributed by atoms with van der Waals surface area (Å²) in [6, 6.07) is 14.7. The second-order valence-corrected chi connectivity index (χ2v) is 7.86. The molecular weight excluding hydrogens is 394 g/mol. The van der Waals surface area contributed by atoms with E-state index in [-0.39, 0.29) is 30.6 Å². The van der Waals surface area contributed by atoms with E-state index in [2.05, 4.69) is 16.0 Å². The maximum absolute atomic E-state index is 12.2. The Kier molecular flexibility index (Phi) is 8.29. The Labute approximate surface area is 183 Å². The van der Waals surface area contributed by atoms with Crippen LogP contribution in [0.5, 0.6) is 5.75 Å². The summed E-state index contributed by atoms with van der Waals surface area (Å²) in [6.07, 6.45) is 2.29. The molecule has 0 radical (unpaired) electrons. The summed E-state index contributed by atoms with van der Waals surface area (Å²) in [5.74, 6) is 0.584. The maximum atomic E-state index is 12.2. The standard InChI is InChI=1S/C24H31N3O4/c1-17(2)31-21-11-5-18(6-12-21)14-26-23(28)16-25-20-9-7-19(8-10-20)24(29)27-15-22-4-3-13-30-22/h5-12,17,22,25H,3-4,13-16H2,1-2H3,(H,26,28)(H,27,29). The average Bonchev–Trinajstić information content (AvgIpc) is 3.29. The van der Waals surface area contributed by atoms with Gasteiger partial charge in [0, 0.05) is 30.9 Å². The van der Waals surface area contributed by atoms with Gasteiger partial charge in [-0.3, -0.25) is 9.59 Å². The molecule has 2 aromatic carbocycles. The Morgan fingerprint density at radius 3 is 2.45 bits per heavy atom. The molecule has 0 saturated carbocycles. The fourth-order valence-corrected chi connectivity index (χ4v) is 3.26. The van der Waals surface area contributed by atoms with Gasteiger partial charge in [0.25, 0.3) is 5.91 Å². The molecule has 2 aromatic rings. The zero-order chi connectivity index (χ0) is 22.1. The Morgan fingerprint density at radius 2 is 1.81 bits per heavy atom. The summed E-state index contributed by atoms with van der Waals surface area (Å²) in [5.41, 5.74) is 2.36. The lowest BCUT2D eigenvalue weighted by molar-refractivity contribution is -0.119. The largest absolute Gasteiger partial charge is 0.491 e. The first-order valence-corrected chi connectivity index (χ1v) is 10.8. The van der Waals surface area contributed by atoms with Crippen LogP contribution in [-0.4, -0.2) is 43.7 Å². The number of ether oxygens (including phenoxy) is 2. The molecule has 1 atom stereocenters. The Bertz CT molecular complexity index is 844. The Hall–Kier alpha value is -3.06. The molecule has 1 fully saturated rings. The van der Waals surface area contributed by atoms with Crippen molar-refractivity contribution in [3.8, 4) is 5.75 Å². The highest BCUT2D eigenvalue weighted by Crippen LogP contribution is 2.14. The van der Waals surface area contributed by atoms with E-state index in [0.717, 1.165) is 36.4 Å². The van der Waals surface area contributed by atoms with Crippen LogP contribution in [0.1, 0.15) is 42.6 Å². The van der Waals surface area contributed by atoms with E-state index >= 15 is 0 Å². The van der Waals surface area contributed by atoms with Crippen LogP contribution in [0.2, 0.25) is 0 Å². The van der Waals surface area contributed by atoms with Gasteiger partial charge >= 0.3 is 0 Å². The van der Waals surface area contributed by atoms with Gasteiger partial charge in [0.1, 0.15) is 5.75 Å². The van der Waals surface area contributed by atoms with Gasteiger partial charge in [-0.15, -0.1) is 0 Å². The van der Waals surface area contributed by atoms with Crippen LogP contribution in [0.15, 0.2) is 48.5 Å². The second-order valence-electron chi connectivity index (χ2n) is 7.86. The van der Waals surface area contributed by atoms with E-state index in [1.807, 2.05) is 38.1 Å². The van der Waals surface area contributed by atoms with Crippen LogP contribution < -0.4 is 20.7 Å². The number of amides is 2. The van der Waals surface area contributed by atoms with Crippen molar-refractivity contribution in [3.63, 3.8) is 0 Å². The molecular formula is C24H31N3O4. The fourth-order valence-electron chi connectivity index (χ4n) is 3.26. The molecule has 166 valence electrons. The molecule has 1 aliphatic rings. The number of anilines is 1. The van der Waals surface area contributed by atoms with Gasteiger partial charge in [-0.1, -0.05) is 12.1 Å². The zero-order valence-electron chi connectivity index (χ0n) is 18.1. The molecule has 31 heavy (non-hydrogen) atoms. The van der Waals surface area contributed by atoms with E-state index < -0.39 is 0 Å². The van der Waals surface area contributed by atoms with Crippen LogP contribution in [0.25, 0.3) is 0 Å². The normalized spacial score (nSPS) is 15.5. The lowest BCUT2D eigenvalue weighted by Crippen LogP contribution is -2.31. The molecule has 3 N–H and O–H groups in total. The van der Waals surface area contributed by atoms with Gasteiger partial charge in [-0.05, 0) is 68.7 Å². The van der Waals surface area contributed by atoms with Crippen molar-refractivity contribution in [3.05, 3.63) is 59.7 Å². The number of carbonyl (C=O) groups excluding carboxylic acids is 2. The number of nitrogens with one attached hydrogen (secondary N) is 3. The molecule has 1 aliphatic heterocycles. The number of rotatable bonds is 10. The minimum absolute atomic E-state index is 0.110. The van der Waals surface area contributed by atoms with Crippen LogP contribution in [-0.2, 0) is 16.1 Å². The molecule has 0 bridgehead atoms. The lowest BCUT2D eigenvalue weighted by atomic mass is 10.2. The predicted molar refractivity (Wildman–Crippen MR) is 120 cm³/mol. The highest BCUT2D eigenvalue weighted by atomic mass is 16.5. The monoisotopic (exact) mass is 425 g/mol. The highest BCUT2D eigenvalue weighted by Gasteiger charge is 2.16.